The number of hydrogen-bond acceptors (Lipinski definition) is 4. The lowest BCUT2D eigenvalue weighted by molar-refractivity contribution is 0.0742. The smallest absolute Gasteiger partial charge is 0.256 e. The molecule has 3 heterocycles. The molecule has 178 valence electrons. The minimum atomic E-state index is -0.489. The van der Waals surface area contributed by atoms with Gasteiger partial charge in [0, 0.05) is 43.6 Å². The van der Waals surface area contributed by atoms with Gasteiger partial charge in [-0.3, -0.25) is 4.79 Å². The van der Waals surface area contributed by atoms with Crippen molar-refractivity contribution in [3.05, 3.63) is 109 Å². The van der Waals surface area contributed by atoms with Crippen LogP contribution < -0.4 is 4.90 Å². The number of nitrogens with zero attached hydrogens (tertiary/aromatic N) is 5. The fraction of sp³-hybridized carbons (Fsp3) is 0.138. The molecule has 1 amide bonds. The number of aromatic nitrogens is 3. The topological polar surface area (TPSA) is 54.3 Å². The van der Waals surface area contributed by atoms with E-state index in [1.807, 2.05) is 36.4 Å². The normalized spacial score (nSPS) is 13.8. The lowest BCUT2D eigenvalue weighted by Crippen LogP contribution is -2.49. The molecule has 1 aliphatic heterocycles. The third-order valence-corrected chi connectivity index (χ3v) is 6.65. The van der Waals surface area contributed by atoms with Crippen LogP contribution in [0, 0.1) is 5.82 Å². The zero-order chi connectivity index (χ0) is 24.5. The minimum absolute atomic E-state index is 0.113. The second-order valence-corrected chi connectivity index (χ2v) is 8.77. The van der Waals surface area contributed by atoms with E-state index in [4.69, 9.17) is 4.98 Å². The molecule has 1 fully saturated rings. The van der Waals surface area contributed by atoms with Gasteiger partial charge in [-0.05, 0) is 29.8 Å². The van der Waals surface area contributed by atoms with Gasteiger partial charge in [-0.15, -0.1) is 0 Å². The fourth-order valence-electron chi connectivity index (χ4n) is 4.83. The maximum Gasteiger partial charge on any atom is 0.256 e. The number of carbonyl (C=O) groups excluding carboxylic acids is 1. The highest BCUT2D eigenvalue weighted by molar-refractivity contribution is 6.02. The zero-order valence-electron chi connectivity index (χ0n) is 19.6. The summed E-state index contributed by atoms with van der Waals surface area (Å²) in [6.07, 6.45) is 3.72. The summed E-state index contributed by atoms with van der Waals surface area (Å²) >= 11 is 0. The first-order valence-electron chi connectivity index (χ1n) is 12.0. The first kappa shape index (κ1) is 22.0. The number of amides is 1. The summed E-state index contributed by atoms with van der Waals surface area (Å²) < 4.78 is 16.3. The molecule has 0 radical (unpaired) electrons. The Morgan fingerprint density at radius 2 is 1.44 bits per heavy atom. The number of benzene rings is 3. The average Bonchev–Trinajstić information content (AvgIpc) is 3.34. The first-order chi connectivity index (χ1) is 17.7. The SMILES string of the molecule is O=C(c1ccccc1F)N1CCN(c2ncnc3c2c(-c2ccccc2)cn3-c2ccccc2)CC1. The van der Waals surface area contributed by atoms with Crippen LogP contribution >= 0.6 is 0 Å². The van der Waals surface area contributed by atoms with E-state index in [0.29, 0.717) is 26.2 Å². The highest BCUT2D eigenvalue weighted by Gasteiger charge is 2.27. The van der Waals surface area contributed by atoms with Gasteiger partial charge >= 0.3 is 0 Å². The lowest BCUT2D eigenvalue weighted by atomic mass is 10.1. The second-order valence-electron chi connectivity index (χ2n) is 8.77. The number of piperazine rings is 1. The van der Waals surface area contributed by atoms with Crippen molar-refractivity contribution in [2.24, 2.45) is 0 Å². The van der Waals surface area contributed by atoms with Gasteiger partial charge in [0.05, 0.1) is 10.9 Å². The van der Waals surface area contributed by atoms with Crippen LogP contribution in [0.3, 0.4) is 0 Å². The third-order valence-electron chi connectivity index (χ3n) is 6.65. The minimum Gasteiger partial charge on any atom is -0.352 e. The molecule has 1 aliphatic rings. The van der Waals surface area contributed by atoms with Crippen LogP contribution in [0.1, 0.15) is 10.4 Å². The number of carbonyl (C=O) groups is 1. The van der Waals surface area contributed by atoms with E-state index in [0.717, 1.165) is 33.7 Å². The standard InChI is InChI=1S/C29H24FN5O/c30-25-14-8-7-13-23(25)29(36)34-17-15-33(16-18-34)27-26-24(21-9-3-1-4-10-21)19-35(28(26)32-20-31-27)22-11-5-2-6-12-22/h1-14,19-20H,15-18H2. The van der Waals surface area contributed by atoms with Crippen LogP contribution in [0.15, 0.2) is 97.5 Å². The van der Waals surface area contributed by atoms with Crippen LogP contribution in [-0.2, 0) is 0 Å². The Balaban J connectivity index is 1.37. The molecular weight excluding hydrogens is 453 g/mol. The lowest BCUT2D eigenvalue weighted by Gasteiger charge is -2.35. The highest BCUT2D eigenvalue weighted by Crippen LogP contribution is 2.37. The molecule has 1 saturated heterocycles. The Labute approximate surface area is 208 Å². The van der Waals surface area contributed by atoms with Crippen molar-refractivity contribution in [2.75, 3.05) is 31.1 Å². The van der Waals surface area contributed by atoms with Crippen molar-refractivity contribution in [1.82, 2.24) is 19.4 Å². The quantitative estimate of drug-likeness (QED) is 0.358. The zero-order valence-corrected chi connectivity index (χ0v) is 19.6. The molecule has 36 heavy (non-hydrogen) atoms. The van der Waals surface area contributed by atoms with Gasteiger partial charge in [0.2, 0.25) is 0 Å². The molecule has 6 rings (SSSR count). The fourth-order valence-corrected chi connectivity index (χ4v) is 4.83. The molecule has 0 aliphatic carbocycles. The summed E-state index contributed by atoms with van der Waals surface area (Å²) in [5, 5.41) is 0.974. The third kappa shape index (κ3) is 3.88. The van der Waals surface area contributed by atoms with Crippen LogP contribution in [0.25, 0.3) is 27.8 Å². The van der Waals surface area contributed by atoms with E-state index in [-0.39, 0.29) is 11.5 Å². The summed E-state index contributed by atoms with van der Waals surface area (Å²) in [7, 11) is 0. The van der Waals surface area contributed by atoms with Gasteiger partial charge < -0.3 is 14.4 Å². The van der Waals surface area contributed by atoms with Gasteiger partial charge in [-0.25, -0.2) is 14.4 Å². The van der Waals surface area contributed by atoms with Crippen molar-refractivity contribution < 1.29 is 9.18 Å². The van der Waals surface area contributed by atoms with Crippen molar-refractivity contribution in [2.45, 2.75) is 0 Å². The summed E-state index contributed by atoms with van der Waals surface area (Å²) in [6.45, 7) is 2.16. The molecular formula is C29H24FN5O. The molecule has 0 N–H and O–H groups in total. The number of fused-ring (bicyclic) bond motifs is 1. The number of anilines is 1. The molecule has 0 unspecified atom stereocenters. The van der Waals surface area contributed by atoms with Crippen molar-refractivity contribution in [1.29, 1.82) is 0 Å². The van der Waals surface area contributed by atoms with E-state index < -0.39 is 5.82 Å². The maximum atomic E-state index is 14.2. The summed E-state index contributed by atoms with van der Waals surface area (Å²) in [5.41, 5.74) is 4.10. The Bertz CT molecular complexity index is 1530. The molecule has 0 saturated carbocycles. The van der Waals surface area contributed by atoms with Crippen molar-refractivity contribution >= 4 is 22.8 Å². The van der Waals surface area contributed by atoms with Gasteiger partial charge in [0.1, 0.15) is 18.0 Å². The Kier molecular flexibility index (Phi) is 5.65. The average molecular weight is 478 g/mol. The largest absolute Gasteiger partial charge is 0.352 e. The predicted molar refractivity (Wildman–Crippen MR) is 139 cm³/mol. The number of para-hydroxylation sites is 1. The molecule has 0 bridgehead atoms. The number of hydrogen-bond donors (Lipinski definition) is 0. The van der Waals surface area contributed by atoms with E-state index in [2.05, 4.69) is 44.9 Å². The molecule has 5 aromatic rings. The summed E-state index contributed by atoms with van der Waals surface area (Å²) in [5.74, 6) is 0.0736. The second kappa shape index (κ2) is 9.26. The summed E-state index contributed by atoms with van der Waals surface area (Å²) in [4.78, 5) is 26.2. The summed E-state index contributed by atoms with van der Waals surface area (Å²) in [6, 6.07) is 26.5. The Hall–Kier alpha value is -4.52. The van der Waals surface area contributed by atoms with Crippen LogP contribution in [-0.4, -0.2) is 51.5 Å². The van der Waals surface area contributed by atoms with Gasteiger partial charge in [0.25, 0.3) is 5.91 Å². The highest BCUT2D eigenvalue weighted by atomic mass is 19.1. The molecule has 0 atom stereocenters. The Morgan fingerprint density at radius 1 is 0.778 bits per heavy atom. The number of halogens is 1. The number of rotatable bonds is 4. The van der Waals surface area contributed by atoms with E-state index in [1.165, 1.54) is 12.1 Å². The van der Waals surface area contributed by atoms with Crippen LogP contribution in [0.5, 0.6) is 0 Å². The van der Waals surface area contributed by atoms with Crippen LogP contribution in [0.2, 0.25) is 0 Å². The molecule has 7 heteroatoms. The van der Waals surface area contributed by atoms with Gasteiger partial charge in [-0.2, -0.15) is 0 Å². The van der Waals surface area contributed by atoms with E-state index in [1.54, 1.807) is 23.4 Å². The molecule has 6 nitrogen and oxygen atoms in total. The predicted octanol–water partition coefficient (Wildman–Crippen LogP) is 5.19. The monoisotopic (exact) mass is 477 g/mol. The molecule has 2 aromatic heterocycles. The van der Waals surface area contributed by atoms with E-state index >= 15 is 0 Å². The van der Waals surface area contributed by atoms with Crippen LogP contribution in [0.4, 0.5) is 10.2 Å². The Morgan fingerprint density at radius 3 is 2.17 bits per heavy atom. The van der Waals surface area contributed by atoms with Crippen molar-refractivity contribution in [3.8, 4) is 16.8 Å². The molecule has 3 aromatic carbocycles. The van der Waals surface area contributed by atoms with Gasteiger partial charge in [-0.1, -0.05) is 60.7 Å². The van der Waals surface area contributed by atoms with Crippen molar-refractivity contribution in [3.63, 3.8) is 0 Å². The molecule has 0 spiro atoms. The van der Waals surface area contributed by atoms with Gasteiger partial charge in [0.15, 0.2) is 5.65 Å². The first-order valence-corrected chi connectivity index (χ1v) is 12.0. The van der Waals surface area contributed by atoms with E-state index in [9.17, 15) is 9.18 Å². The maximum absolute atomic E-state index is 14.2.